The van der Waals surface area contributed by atoms with Crippen LogP contribution < -0.4 is 5.32 Å². The second-order valence-corrected chi connectivity index (χ2v) is 10.5. The largest absolute Gasteiger partial charge is 0.350 e. The minimum Gasteiger partial charge on any atom is -0.350 e. The summed E-state index contributed by atoms with van der Waals surface area (Å²) in [6, 6.07) is 20.2. The zero-order valence-electron chi connectivity index (χ0n) is 21.7. The summed E-state index contributed by atoms with van der Waals surface area (Å²) in [6.07, 6.45) is 1.90. The van der Waals surface area contributed by atoms with Crippen LogP contribution in [0.3, 0.4) is 0 Å². The SMILES string of the molecule is CCNC(=O)C(=O)C1CN(C(=O)c2cccc3ccccc23)CC1CN1CCC(c2ccc(F)cc2)CC1. The van der Waals surface area contributed by atoms with E-state index in [1.807, 2.05) is 54.6 Å². The predicted octanol–water partition coefficient (Wildman–Crippen LogP) is 4.25. The summed E-state index contributed by atoms with van der Waals surface area (Å²) in [6.45, 7) is 5.24. The van der Waals surface area contributed by atoms with Crippen LogP contribution in [0.25, 0.3) is 10.8 Å². The molecule has 1 N–H and O–H groups in total. The molecular weight excluding hydrogens is 481 g/mol. The number of nitrogens with one attached hydrogen (secondary N) is 1. The Kier molecular flexibility index (Phi) is 7.84. The zero-order valence-corrected chi connectivity index (χ0v) is 21.7. The number of rotatable bonds is 7. The van der Waals surface area contributed by atoms with Crippen LogP contribution in [0, 0.1) is 17.7 Å². The van der Waals surface area contributed by atoms with E-state index < -0.39 is 17.6 Å². The quantitative estimate of drug-likeness (QED) is 0.478. The van der Waals surface area contributed by atoms with Gasteiger partial charge in [0.25, 0.3) is 11.8 Å². The maximum Gasteiger partial charge on any atom is 0.287 e. The van der Waals surface area contributed by atoms with Crippen LogP contribution in [0.2, 0.25) is 0 Å². The zero-order chi connectivity index (χ0) is 26.6. The highest BCUT2D eigenvalue weighted by Crippen LogP contribution is 2.32. The Balaban J connectivity index is 1.30. The Morgan fingerprint density at radius 3 is 2.37 bits per heavy atom. The highest BCUT2D eigenvalue weighted by molar-refractivity contribution is 6.37. The minimum atomic E-state index is -0.572. The van der Waals surface area contributed by atoms with E-state index in [0.29, 0.717) is 31.1 Å². The number of benzene rings is 3. The highest BCUT2D eigenvalue weighted by atomic mass is 19.1. The van der Waals surface area contributed by atoms with Gasteiger partial charge in [0, 0.05) is 37.7 Å². The Bertz CT molecular complexity index is 1310. The molecule has 2 atom stereocenters. The fourth-order valence-corrected chi connectivity index (χ4v) is 6.03. The van der Waals surface area contributed by atoms with Gasteiger partial charge in [0.2, 0.25) is 5.78 Å². The maximum absolute atomic E-state index is 13.7. The molecule has 0 saturated carbocycles. The van der Waals surface area contributed by atoms with Gasteiger partial charge in [-0.2, -0.15) is 0 Å². The lowest BCUT2D eigenvalue weighted by atomic mass is 9.87. The number of piperidine rings is 1. The first kappa shape index (κ1) is 26.0. The monoisotopic (exact) mass is 515 g/mol. The molecule has 0 bridgehead atoms. The number of carbonyl (C=O) groups excluding carboxylic acids is 3. The van der Waals surface area contributed by atoms with Gasteiger partial charge in [-0.1, -0.05) is 48.5 Å². The number of likely N-dealkylation sites (tertiary alicyclic amines) is 2. The van der Waals surface area contributed by atoms with Crippen LogP contribution in [-0.4, -0.2) is 66.7 Å². The van der Waals surface area contributed by atoms with Gasteiger partial charge in [-0.05, 0) is 73.3 Å². The smallest absolute Gasteiger partial charge is 0.287 e. The van der Waals surface area contributed by atoms with E-state index in [-0.39, 0.29) is 24.2 Å². The molecule has 7 heteroatoms. The van der Waals surface area contributed by atoms with Crippen molar-refractivity contribution >= 4 is 28.4 Å². The maximum atomic E-state index is 13.7. The van der Waals surface area contributed by atoms with Gasteiger partial charge in [0.15, 0.2) is 0 Å². The molecule has 2 saturated heterocycles. The lowest BCUT2D eigenvalue weighted by Crippen LogP contribution is -2.43. The van der Waals surface area contributed by atoms with E-state index in [9.17, 15) is 18.8 Å². The molecule has 3 aromatic rings. The van der Waals surface area contributed by atoms with Crippen LogP contribution >= 0.6 is 0 Å². The summed E-state index contributed by atoms with van der Waals surface area (Å²) < 4.78 is 13.3. The Morgan fingerprint density at radius 1 is 0.921 bits per heavy atom. The third-order valence-electron chi connectivity index (χ3n) is 8.07. The molecule has 0 radical (unpaired) electrons. The average molecular weight is 516 g/mol. The first-order chi connectivity index (χ1) is 18.4. The summed E-state index contributed by atoms with van der Waals surface area (Å²) in [5.41, 5.74) is 1.77. The molecule has 3 aromatic carbocycles. The van der Waals surface area contributed by atoms with Crippen molar-refractivity contribution in [2.75, 3.05) is 39.3 Å². The molecule has 2 unspecified atom stereocenters. The number of nitrogens with zero attached hydrogens (tertiary/aromatic N) is 2. The molecular formula is C31H34FN3O3. The summed E-state index contributed by atoms with van der Waals surface area (Å²) in [5, 5.41) is 4.52. The molecule has 5 rings (SSSR count). The molecule has 2 amide bonds. The molecule has 198 valence electrons. The first-order valence-electron chi connectivity index (χ1n) is 13.5. The van der Waals surface area contributed by atoms with E-state index in [2.05, 4.69) is 10.2 Å². The van der Waals surface area contributed by atoms with Crippen molar-refractivity contribution in [3.8, 4) is 0 Å². The van der Waals surface area contributed by atoms with Crippen LogP contribution in [0.4, 0.5) is 4.39 Å². The van der Waals surface area contributed by atoms with Crippen LogP contribution in [0.1, 0.15) is 41.6 Å². The Morgan fingerprint density at radius 2 is 1.63 bits per heavy atom. The van der Waals surface area contributed by atoms with Gasteiger partial charge < -0.3 is 15.1 Å². The van der Waals surface area contributed by atoms with Gasteiger partial charge in [0.1, 0.15) is 5.82 Å². The van der Waals surface area contributed by atoms with Gasteiger partial charge in [-0.15, -0.1) is 0 Å². The number of carbonyl (C=O) groups is 3. The molecule has 6 nitrogen and oxygen atoms in total. The van der Waals surface area contributed by atoms with E-state index in [1.165, 1.54) is 12.1 Å². The normalized spacial score (nSPS) is 20.5. The van der Waals surface area contributed by atoms with Crippen molar-refractivity contribution in [1.82, 2.24) is 15.1 Å². The number of amides is 2. The molecule has 0 aliphatic carbocycles. The van der Waals surface area contributed by atoms with E-state index in [0.717, 1.165) is 42.3 Å². The van der Waals surface area contributed by atoms with Crippen LogP contribution in [0.15, 0.2) is 66.7 Å². The predicted molar refractivity (Wildman–Crippen MR) is 145 cm³/mol. The van der Waals surface area contributed by atoms with Crippen LogP contribution in [0.5, 0.6) is 0 Å². The van der Waals surface area contributed by atoms with Gasteiger partial charge >= 0.3 is 0 Å². The van der Waals surface area contributed by atoms with Crippen molar-refractivity contribution in [3.63, 3.8) is 0 Å². The van der Waals surface area contributed by atoms with Crippen molar-refractivity contribution in [2.45, 2.75) is 25.7 Å². The Labute approximate surface area is 222 Å². The second-order valence-electron chi connectivity index (χ2n) is 10.5. The van der Waals surface area contributed by atoms with Gasteiger partial charge in [0.05, 0.1) is 5.92 Å². The minimum absolute atomic E-state index is 0.104. The molecule has 38 heavy (non-hydrogen) atoms. The van der Waals surface area contributed by atoms with Gasteiger partial charge in [-0.25, -0.2) is 4.39 Å². The third-order valence-corrected chi connectivity index (χ3v) is 8.07. The fourth-order valence-electron chi connectivity index (χ4n) is 6.03. The number of Topliss-reactive ketones (excluding diaryl/α,β-unsaturated/α-hetero) is 1. The fraction of sp³-hybridized carbons (Fsp3) is 0.387. The lowest BCUT2D eigenvalue weighted by Gasteiger charge is -2.34. The summed E-state index contributed by atoms with van der Waals surface area (Å²) in [5.74, 6) is -1.61. The standard InChI is InChI=1S/C31H34FN3O3/c1-2-33-30(37)29(36)28-20-35(31(38)27-9-5-7-23-6-3-4-8-26(23)27)19-24(28)18-34-16-14-22(15-17-34)21-10-12-25(32)13-11-21/h3-13,22,24,28H,2,14-20H2,1H3,(H,33,37). The van der Waals surface area contributed by atoms with Crippen molar-refractivity contribution in [3.05, 3.63) is 83.7 Å². The molecule has 0 aromatic heterocycles. The number of likely N-dealkylation sites (N-methyl/N-ethyl adjacent to an activating group) is 1. The average Bonchev–Trinajstić information content (AvgIpc) is 3.36. The van der Waals surface area contributed by atoms with E-state index >= 15 is 0 Å². The highest BCUT2D eigenvalue weighted by Gasteiger charge is 2.43. The topological polar surface area (TPSA) is 69.7 Å². The number of fused-ring (bicyclic) bond motifs is 1. The number of halogens is 1. The molecule has 2 heterocycles. The van der Waals surface area contributed by atoms with Crippen molar-refractivity contribution < 1.29 is 18.8 Å². The number of ketones is 1. The van der Waals surface area contributed by atoms with Crippen molar-refractivity contribution in [2.24, 2.45) is 11.8 Å². The first-order valence-corrected chi connectivity index (χ1v) is 13.5. The van der Waals surface area contributed by atoms with Crippen molar-refractivity contribution in [1.29, 1.82) is 0 Å². The second kappa shape index (κ2) is 11.4. The summed E-state index contributed by atoms with van der Waals surface area (Å²) in [7, 11) is 0. The summed E-state index contributed by atoms with van der Waals surface area (Å²) in [4.78, 5) is 43.4. The lowest BCUT2D eigenvalue weighted by molar-refractivity contribution is -0.140. The third kappa shape index (κ3) is 5.48. The molecule has 2 aliphatic rings. The van der Waals surface area contributed by atoms with E-state index in [1.54, 1.807) is 11.8 Å². The molecule has 0 spiro atoms. The van der Waals surface area contributed by atoms with Gasteiger partial charge in [-0.3, -0.25) is 14.4 Å². The van der Waals surface area contributed by atoms with Crippen LogP contribution in [-0.2, 0) is 9.59 Å². The number of hydrogen-bond donors (Lipinski definition) is 1. The molecule has 2 aliphatic heterocycles. The number of hydrogen-bond acceptors (Lipinski definition) is 4. The Hall–Kier alpha value is -3.58. The van der Waals surface area contributed by atoms with E-state index in [4.69, 9.17) is 0 Å². The summed E-state index contributed by atoms with van der Waals surface area (Å²) >= 11 is 0. The molecule has 2 fully saturated rings.